The summed E-state index contributed by atoms with van der Waals surface area (Å²) in [5, 5.41) is 9.41. The van der Waals surface area contributed by atoms with Crippen LogP contribution in [0.3, 0.4) is 0 Å². The van der Waals surface area contributed by atoms with Gasteiger partial charge >= 0.3 is 5.97 Å². The molecule has 0 unspecified atom stereocenters. The zero-order chi connectivity index (χ0) is 21.7. The maximum absolute atomic E-state index is 11.5. The Morgan fingerprint density at radius 1 is 0.906 bits per heavy atom. The van der Waals surface area contributed by atoms with Crippen LogP contribution in [0.1, 0.15) is 60.2 Å². The number of rotatable bonds is 5. The minimum Gasteiger partial charge on any atom is -0.478 e. The largest absolute Gasteiger partial charge is 0.478 e. The van der Waals surface area contributed by atoms with Crippen LogP contribution in [0, 0.1) is 17.8 Å². The highest BCUT2D eigenvalue weighted by molar-refractivity contribution is 5.95. The summed E-state index contributed by atoms with van der Waals surface area (Å²) in [6, 6.07) is 19.3. The van der Waals surface area contributed by atoms with Gasteiger partial charge in [0.15, 0.2) is 0 Å². The first-order valence-corrected chi connectivity index (χ1v) is 11.7. The third kappa shape index (κ3) is 3.38. The fraction of sp³-hybridized carbons (Fsp3) is 0.357. The van der Waals surface area contributed by atoms with E-state index in [0.717, 1.165) is 23.4 Å². The van der Waals surface area contributed by atoms with Crippen LogP contribution >= 0.6 is 0 Å². The topological polar surface area (TPSA) is 62.8 Å². The van der Waals surface area contributed by atoms with Gasteiger partial charge in [0.1, 0.15) is 11.5 Å². The Morgan fingerprint density at radius 2 is 1.56 bits per heavy atom. The number of hydrogen-bond acceptors (Lipinski definition) is 3. The van der Waals surface area contributed by atoms with E-state index in [0.29, 0.717) is 22.5 Å². The Labute approximate surface area is 188 Å². The summed E-state index contributed by atoms with van der Waals surface area (Å²) in [7, 11) is 0. The highest BCUT2D eigenvalue weighted by Crippen LogP contribution is 2.60. The van der Waals surface area contributed by atoms with E-state index in [-0.39, 0.29) is 5.56 Å². The van der Waals surface area contributed by atoms with Crippen molar-refractivity contribution < 1.29 is 14.3 Å². The molecular formula is C28H27NO3. The summed E-state index contributed by atoms with van der Waals surface area (Å²) in [5.41, 5.74) is 3.61. The van der Waals surface area contributed by atoms with Crippen molar-refractivity contribution >= 4 is 17.9 Å². The third-order valence-electron chi connectivity index (χ3n) is 7.91. The van der Waals surface area contributed by atoms with E-state index in [1.54, 1.807) is 30.5 Å². The fourth-order valence-corrected chi connectivity index (χ4v) is 6.95. The van der Waals surface area contributed by atoms with Crippen LogP contribution in [0.25, 0.3) is 11.3 Å². The summed E-state index contributed by atoms with van der Waals surface area (Å²) in [4.78, 5) is 16.1. The molecule has 4 bridgehead atoms. The number of benzene rings is 2. The molecule has 0 aliphatic heterocycles. The Bertz CT molecular complexity index is 1150. The van der Waals surface area contributed by atoms with Gasteiger partial charge in [0.2, 0.25) is 0 Å². The number of aliphatic imine (C=N–C) groups is 1. The SMILES string of the molecule is O=C(O)c1ccccc1-c1ccc(C=Nc2ccc(C34CC5CC(CC(C5)C3)C4)cc2)o1. The molecule has 4 aliphatic rings. The quantitative estimate of drug-likeness (QED) is 0.454. The molecule has 0 spiro atoms. The van der Waals surface area contributed by atoms with Crippen molar-refractivity contribution in [3.05, 3.63) is 77.6 Å². The normalized spacial score (nSPS) is 28.4. The van der Waals surface area contributed by atoms with Gasteiger partial charge < -0.3 is 9.52 Å². The van der Waals surface area contributed by atoms with Crippen LogP contribution in [0.2, 0.25) is 0 Å². The molecule has 1 aromatic heterocycles. The molecule has 162 valence electrons. The van der Waals surface area contributed by atoms with Crippen LogP contribution in [0.4, 0.5) is 5.69 Å². The van der Waals surface area contributed by atoms with Crippen molar-refractivity contribution in [1.82, 2.24) is 0 Å². The van der Waals surface area contributed by atoms with E-state index in [4.69, 9.17) is 4.42 Å². The molecule has 1 heterocycles. The minimum atomic E-state index is -0.966. The smallest absolute Gasteiger partial charge is 0.336 e. The van der Waals surface area contributed by atoms with Gasteiger partial charge in [-0.15, -0.1) is 0 Å². The minimum absolute atomic E-state index is 0.227. The lowest BCUT2D eigenvalue weighted by molar-refractivity contribution is -0.00518. The van der Waals surface area contributed by atoms with Crippen molar-refractivity contribution in [3.8, 4) is 11.3 Å². The van der Waals surface area contributed by atoms with E-state index in [1.807, 2.05) is 12.1 Å². The number of carbonyl (C=O) groups is 1. The second-order valence-corrected chi connectivity index (χ2v) is 10.1. The van der Waals surface area contributed by atoms with Crippen molar-refractivity contribution in [2.75, 3.05) is 0 Å². The molecule has 4 nitrogen and oxygen atoms in total. The predicted molar refractivity (Wildman–Crippen MR) is 125 cm³/mol. The van der Waals surface area contributed by atoms with Crippen LogP contribution in [0.5, 0.6) is 0 Å². The van der Waals surface area contributed by atoms with Gasteiger partial charge in [-0.1, -0.05) is 30.3 Å². The molecule has 0 saturated heterocycles. The van der Waals surface area contributed by atoms with Crippen molar-refractivity contribution in [3.63, 3.8) is 0 Å². The molecule has 0 radical (unpaired) electrons. The molecule has 7 rings (SSSR count). The van der Waals surface area contributed by atoms with Gasteiger partial charge in [-0.05, 0) is 97.6 Å². The van der Waals surface area contributed by atoms with Crippen LogP contribution in [-0.4, -0.2) is 17.3 Å². The zero-order valence-corrected chi connectivity index (χ0v) is 18.0. The average molecular weight is 426 g/mol. The third-order valence-corrected chi connectivity index (χ3v) is 7.91. The van der Waals surface area contributed by atoms with E-state index in [9.17, 15) is 9.90 Å². The number of hydrogen-bond donors (Lipinski definition) is 1. The number of nitrogens with zero attached hydrogens (tertiary/aromatic N) is 1. The lowest BCUT2D eigenvalue weighted by atomic mass is 9.48. The van der Waals surface area contributed by atoms with Gasteiger partial charge in [-0.2, -0.15) is 0 Å². The monoisotopic (exact) mass is 425 g/mol. The summed E-state index contributed by atoms with van der Waals surface area (Å²) in [6.07, 6.45) is 10.2. The maximum Gasteiger partial charge on any atom is 0.336 e. The first-order valence-electron chi connectivity index (χ1n) is 11.7. The van der Waals surface area contributed by atoms with Crippen molar-refractivity contribution in [2.45, 2.75) is 43.9 Å². The number of aromatic carboxylic acids is 1. The van der Waals surface area contributed by atoms with E-state index >= 15 is 0 Å². The van der Waals surface area contributed by atoms with Gasteiger partial charge in [0.25, 0.3) is 0 Å². The molecule has 3 aromatic rings. The maximum atomic E-state index is 11.5. The summed E-state index contributed by atoms with van der Waals surface area (Å²) in [5.74, 6) is 2.99. The van der Waals surface area contributed by atoms with Gasteiger partial charge in [-0.3, -0.25) is 4.99 Å². The lowest BCUT2D eigenvalue weighted by Crippen LogP contribution is -2.48. The molecule has 2 aromatic carbocycles. The van der Waals surface area contributed by atoms with Crippen molar-refractivity contribution in [2.24, 2.45) is 22.7 Å². The van der Waals surface area contributed by atoms with E-state index < -0.39 is 5.97 Å². The number of carboxylic acid groups (broad SMARTS) is 1. The van der Waals surface area contributed by atoms with Crippen LogP contribution in [0.15, 0.2) is 70.1 Å². The molecule has 0 amide bonds. The molecule has 32 heavy (non-hydrogen) atoms. The van der Waals surface area contributed by atoms with Gasteiger partial charge in [0.05, 0.1) is 17.5 Å². The Hall–Kier alpha value is -3.14. The first-order chi connectivity index (χ1) is 15.6. The standard InChI is InChI=1S/C28H27NO3/c30-27(31)25-4-2-1-3-24(25)26-10-9-23(32-26)17-29-22-7-5-21(6-8-22)28-14-18-11-19(15-28)13-20(12-18)16-28/h1-10,17-20H,11-16H2,(H,30,31). The highest BCUT2D eigenvalue weighted by Gasteiger charge is 2.51. The van der Waals surface area contributed by atoms with Gasteiger partial charge in [0, 0.05) is 5.56 Å². The first kappa shape index (κ1) is 19.5. The second kappa shape index (κ2) is 7.47. The average Bonchev–Trinajstić information content (AvgIpc) is 3.26. The molecule has 0 atom stereocenters. The predicted octanol–water partition coefficient (Wildman–Crippen LogP) is 6.86. The molecule has 4 aliphatic carbocycles. The Kier molecular flexibility index (Phi) is 4.56. The summed E-state index contributed by atoms with van der Waals surface area (Å²) >= 11 is 0. The summed E-state index contributed by atoms with van der Waals surface area (Å²) in [6.45, 7) is 0. The highest BCUT2D eigenvalue weighted by atomic mass is 16.4. The molecule has 4 saturated carbocycles. The Morgan fingerprint density at radius 3 is 2.22 bits per heavy atom. The molecule has 4 heteroatoms. The van der Waals surface area contributed by atoms with Crippen LogP contribution in [-0.2, 0) is 5.41 Å². The number of furan rings is 1. The summed E-state index contributed by atoms with van der Waals surface area (Å²) < 4.78 is 5.86. The molecule has 1 N–H and O–H groups in total. The van der Waals surface area contributed by atoms with E-state index in [1.165, 1.54) is 44.1 Å². The zero-order valence-electron chi connectivity index (χ0n) is 18.0. The van der Waals surface area contributed by atoms with Crippen molar-refractivity contribution in [1.29, 1.82) is 0 Å². The Balaban J connectivity index is 1.20. The van der Waals surface area contributed by atoms with Crippen LogP contribution < -0.4 is 0 Å². The van der Waals surface area contributed by atoms with Gasteiger partial charge in [-0.25, -0.2) is 4.79 Å². The second-order valence-electron chi connectivity index (χ2n) is 10.1. The fourth-order valence-electron chi connectivity index (χ4n) is 6.95. The number of carboxylic acids is 1. The molecular weight excluding hydrogens is 398 g/mol. The lowest BCUT2D eigenvalue weighted by Gasteiger charge is -2.57. The van der Waals surface area contributed by atoms with E-state index in [2.05, 4.69) is 29.3 Å². The molecule has 4 fully saturated rings.